The van der Waals surface area contributed by atoms with Crippen molar-refractivity contribution in [2.75, 3.05) is 25.6 Å². The van der Waals surface area contributed by atoms with Crippen LogP contribution in [0.15, 0.2) is 0 Å². The van der Waals surface area contributed by atoms with E-state index >= 15 is 0 Å². The Morgan fingerprint density at radius 3 is 3.00 bits per heavy atom. The maximum Gasteiger partial charge on any atom is 0.341 e. The number of carbonyl (C=O) groups is 1. The van der Waals surface area contributed by atoms with Gasteiger partial charge in [-0.25, -0.2) is 4.79 Å². The molecule has 5 heteroatoms. The molecular formula is C11H15NO3S. The van der Waals surface area contributed by atoms with Gasteiger partial charge in [0.15, 0.2) is 0 Å². The average molecular weight is 241 g/mol. The van der Waals surface area contributed by atoms with Gasteiger partial charge in [-0.1, -0.05) is 0 Å². The molecule has 0 atom stereocenters. The van der Waals surface area contributed by atoms with E-state index in [2.05, 4.69) is 0 Å². The number of hydrogen-bond acceptors (Lipinski definition) is 5. The van der Waals surface area contributed by atoms with Gasteiger partial charge in [-0.15, -0.1) is 11.3 Å². The summed E-state index contributed by atoms with van der Waals surface area (Å²) in [6.45, 7) is 3.52. The van der Waals surface area contributed by atoms with Crippen LogP contribution in [0, 0.1) is 0 Å². The molecule has 0 amide bonds. The first kappa shape index (κ1) is 11.4. The van der Waals surface area contributed by atoms with E-state index in [1.807, 2.05) is 0 Å². The second-order valence-corrected chi connectivity index (χ2v) is 4.71. The van der Waals surface area contributed by atoms with E-state index in [-0.39, 0.29) is 5.97 Å². The van der Waals surface area contributed by atoms with Crippen LogP contribution in [0.4, 0.5) is 5.00 Å². The lowest BCUT2D eigenvalue weighted by Gasteiger charge is -2.04. The molecule has 0 unspecified atom stereocenters. The minimum absolute atomic E-state index is 0.306. The zero-order valence-corrected chi connectivity index (χ0v) is 10.1. The van der Waals surface area contributed by atoms with Crippen LogP contribution in [-0.2, 0) is 22.3 Å². The van der Waals surface area contributed by atoms with Crippen molar-refractivity contribution in [3.8, 4) is 0 Å². The summed E-state index contributed by atoms with van der Waals surface area (Å²) < 4.78 is 10.4. The van der Waals surface area contributed by atoms with E-state index < -0.39 is 0 Å². The van der Waals surface area contributed by atoms with Gasteiger partial charge in [0.05, 0.1) is 25.4 Å². The van der Waals surface area contributed by atoms with Crippen molar-refractivity contribution in [1.82, 2.24) is 0 Å². The van der Waals surface area contributed by atoms with Crippen LogP contribution < -0.4 is 5.73 Å². The van der Waals surface area contributed by atoms with Crippen molar-refractivity contribution in [2.24, 2.45) is 0 Å². The van der Waals surface area contributed by atoms with Gasteiger partial charge in [-0.3, -0.25) is 0 Å². The first-order valence-corrected chi connectivity index (χ1v) is 6.20. The standard InChI is InChI=1S/C11H15NO3S/c1-2-15-11(13)9-7-3-5-14-6-4-8(7)16-10(9)12/h2-6,12H2,1H3. The number of ether oxygens (including phenoxy) is 2. The summed E-state index contributed by atoms with van der Waals surface area (Å²) in [5.41, 5.74) is 7.47. The van der Waals surface area contributed by atoms with Gasteiger partial charge in [-0.05, 0) is 18.9 Å². The molecule has 0 saturated heterocycles. The van der Waals surface area contributed by atoms with Gasteiger partial charge in [0.2, 0.25) is 0 Å². The molecule has 0 spiro atoms. The molecule has 0 bridgehead atoms. The average Bonchev–Trinajstić information content (AvgIpc) is 2.43. The molecule has 1 aliphatic rings. The van der Waals surface area contributed by atoms with E-state index in [4.69, 9.17) is 15.2 Å². The highest BCUT2D eigenvalue weighted by atomic mass is 32.1. The van der Waals surface area contributed by atoms with Crippen LogP contribution in [-0.4, -0.2) is 25.8 Å². The van der Waals surface area contributed by atoms with Gasteiger partial charge >= 0.3 is 5.97 Å². The monoisotopic (exact) mass is 241 g/mol. The molecule has 2 rings (SSSR count). The lowest BCUT2D eigenvalue weighted by atomic mass is 10.1. The number of anilines is 1. The Morgan fingerprint density at radius 1 is 1.50 bits per heavy atom. The van der Waals surface area contributed by atoms with E-state index in [1.165, 1.54) is 11.3 Å². The molecular weight excluding hydrogens is 226 g/mol. The number of esters is 1. The Morgan fingerprint density at radius 2 is 2.25 bits per heavy atom. The summed E-state index contributed by atoms with van der Waals surface area (Å²) in [7, 11) is 0. The highest BCUT2D eigenvalue weighted by molar-refractivity contribution is 7.16. The fraction of sp³-hybridized carbons (Fsp3) is 0.545. The van der Waals surface area contributed by atoms with Gasteiger partial charge < -0.3 is 15.2 Å². The van der Waals surface area contributed by atoms with E-state index in [1.54, 1.807) is 6.92 Å². The second-order valence-electron chi connectivity index (χ2n) is 3.58. The topological polar surface area (TPSA) is 61.5 Å². The molecule has 0 aliphatic carbocycles. The third kappa shape index (κ3) is 2.05. The molecule has 0 fully saturated rings. The van der Waals surface area contributed by atoms with Crippen molar-refractivity contribution < 1.29 is 14.3 Å². The first-order valence-electron chi connectivity index (χ1n) is 5.39. The molecule has 2 heterocycles. The predicted molar refractivity (Wildman–Crippen MR) is 62.9 cm³/mol. The Hall–Kier alpha value is -1.07. The lowest BCUT2D eigenvalue weighted by Crippen LogP contribution is -2.09. The number of thiophene rings is 1. The van der Waals surface area contributed by atoms with Crippen LogP contribution >= 0.6 is 11.3 Å². The summed E-state index contributed by atoms with van der Waals surface area (Å²) in [6, 6.07) is 0. The van der Waals surface area contributed by atoms with Crippen LogP contribution in [0.5, 0.6) is 0 Å². The minimum Gasteiger partial charge on any atom is -0.462 e. The number of hydrogen-bond donors (Lipinski definition) is 1. The molecule has 1 aromatic rings. The van der Waals surface area contributed by atoms with Crippen molar-refractivity contribution in [1.29, 1.82) is 0 Å². The van der Waals surface area contributed by atoms with Crippen molar-refractivity contribution in [3.05, 3.63) is 16.0 Å². The van der Waals surface area contributed by atoms with E-state index in [0.29, 0.717) is 30.4 Å². The molecule has 2 N–H and O–H groups in total. The first-order chi connectivity index (χ1) is 7.74. The zero-order valence-electron chi connectivity index (χ0n) is 9.25. The number of rotatable bonds is 2. The lowest BCUT2D eigenvalue weighted by molar-refractivity contribution is 0.0526. The zero-order chi connectivity index (χ0) is 11.5. The molecule has 4 nitrogen and oxygen atoms in total. The Bertz CT molecular complexity index is 400. The Balaban J connectivity index is 2.36. The Kier molecular flexibility index (Phi) is 3.46. The summed E-state index contributed by atoms with van der Waals surface area (Å²) in [6.07, 6.45) is 1.58. The maximum atomic E-state index is 11.8. The number of fused-ring (bicyclic) bond motifs is 1. The summed E-state index contributed by atoms with van der Waals surface area (Å²) in [4.78, 5) is 12.9. The number of nitrogens with two attached hydrogens (primary N) is 1. The van der Waals surface area contributed by atoms with Crippen molar-refractivity contribution in [2.45, 2.75) is 19.8 Å². The van der Waals surface area contributed by atoms with Gasteiger partial charge in [0, 0.05) is 11.3 Å². The molecule has 0 aromatic carbocycles. The van der Waals surface area contributed by atoms with E-state index in [9.17, 15) is 4.79 Å². The molecule has 1 aliphatic heterocycles. The predicted octanol–water partition coefficient (Wildman–Crippen LogP) is 1.62. The van der Waals surface area contributed by atoms with E-state index in [0.717, 1.165) is 23.3 Å². The molecule has 0 radical (unpaired) electrons. The van der Waals surface area contributed by atoms with Crippen LogP contribution in [0.25, 0.3) is 0 Å². The van der Waals surface area contributed by atoms with Gasteiger partial charge in [-0.2, -0.15) is 0 Å². The normalized spacial score (nSPS) is 15.3. The van der Waals surface area contributed by atoms with Crippen LogP contribution in [0.3, 0.4) is 0 Å². The van der Waals surface area contributed by atoms with Crippen molar-refractivity contribution in [3.63, 3.8) is 0 Å². The third-order valence-electron chi connectivity index (χ3n) is 2.57. The Labute approximate surface area is 98.3 Å². The highest BCUT2D eigenvalue weighted by Gasteiger charge is 2.24. The summed E-state index contributed by atoms with van der Waals surface area (Å²) in [5, 5.41) is 0.574. The molecule has 16 heavy (non-hydrogen) atoms. The summed E-state index contributed by atoms with van der Waals surface area (Å²) in [5.74, 6) is -0.306. The second kappa shape index (κ2) is 4.84. The quantitative estimate of drug-likeness (QED) is 0.799. The smallest absolute Gasteiger partial charge is 0.341 e. The van der Waals surface area contributed by atoms with Crippen LogP contribution in [0.1, 0.15) is 27.7 Å². The molecule has 88 valence electrons. The number of carbonyl (C=O) groups excluding carboxylic acids is 1. The number of nitrogen functional groups attached to an aromatic ring is 1. The van der Waals surface area contributed by atoms with Crippen LogP contribution in [0.2, 0.25) is 0 Å². The summed E-state index contributed by atoms with van der Waals surface area (Å²) >= 11 is 1.48. The third-order valence-corrected chi connectivity index (χ3v) is 3.69. The van der Waals surface area contributed by atoms with Crippen molar-refractivity contribution >= 4 is 22.3 Å². The van der Waals surface area contributed by atoms with Gasteiger partial charge in [0.25, 0.3) is 0 Å². The maximum absolute atomic E-state index is 11.8. The largest absolute Gasteiger partial charge is 0.462 e. The molecule has 0 saturated carbocycles. The van der Waals surface area contributed by atoms with Gasteiger partial charge in [0.1, 0.15) is 5.00 Å². The fourth-order valence-electron chi connectivity index (χ4n) is 1.87. The fourth-order valence-corrected chi connectivity index (χ4v) is 2.95. The minimum atomic E-state index is -0.306. The highest BCUT2D eigenvalue weighted by Crippen LogP contribution is 2.33. The SMILES string of the molecule is CCOC(=O)c1c(N)sc2c1CCOCC2. The molecule has 1 aromatic heterocycles.